The Balaban J connectivity index is 1.38. The molecule has 2 aliphatic rings. The fraction of sp³-hybridized carbons (Fsp3) is 0.652. The van der Waals surface area contributed by atoms with Gasteiger partial charge >= 0.3 is 6.09 Å². The molecule has 2 N–H and O–H groups in total. The molecule has 0 radical (unpaired) electrons. The summed E-state index contributed by atoms with van der Waals surface area (Å²) in [4.78, 5) is 26.6. The number of phenolic OH excluding ortho intramolecular Hbond substituents is 1. The number of aromatic hydroxyl groups is 1. The van der Waals surface area contributed by atoms with Gasteiger partial charge in [0.05, 0.1) is 13.5 Å². The lowest BCUT2D eigenvalue weighted by atomic mass is 9.86. The summed E-state index contributed by atoms with van der Waals surface area (Å²) in [7, 11) is 1.48. The minimum atomic E-state index is -0.212. The smallest absolute Gasteiger partial charge is 0.410 e. The molecule has 0 spiro atoms. The van der Waals surface area contributed by atoms with Gasteiger partial charge in [-0.15, -0.1) is 0 Å². The van der Waals surface area contributed by atoms with E-state index in [9.17, 15) is 14.7 Å². The number of likely N-dealkylation sites (tertiary alicyclic amines) is 1. The van der Waals surface area contributed by atoms with Gasteiger partial charge in [0.2, 0.25) is 5.91 Å². The Morgan fingerprint density at radius 3 is 2.47 bits per heavy atom. The molecule has 30 heavy (non-hydrogen) atoms. The first-order valence-electron chi connectivity index (χ1n) is 11.1. The normalized spacial score (nSPS) is 22.4. The van der Waals surface area contributed by atoms with Crippen LogP contribution in [0, 0.1) is 5.92 Å². The molecule has 1 heterocycles. The number of hydrogen-bond acceptors (Lipinski definition) is 5. The third-order valence-electron chi connectivity index (χ3n) is 6.37. The van der Waals surface area contributed by atoms with Gasteiger partial charge in [0, 0.05) is 19.1 Å². The van der Waals surface area contributed by atoms with E-state index in [4.69, 9.17) is 9.47 Å². The summed E-state index contributed by atoms with van der Waals surface area (Å²) in [6.07, 6.45) is 6.96. The van der Waals surface area contributed by atoms with Gasteiger partial charge in [-0.2, -0.15) is 0 Å². The van der Waals surface area contributed by atoms with Crippen LogP contribution in [0.3, 0.4) is 0 Å². The maximum atomic E-state index is 12.5. The highest BCUT2D eigenvalue weighted by Gasteiger charge is 2.28. The lowest BCUT2D eigenvalue weighted by Crippen LogP contribution is -2.47. The minimum Gasteiger partial charge on any atom is -0.504 e. The number of nitrogens with zero attached hydrogens (tertiary/aromatic N) is 1. The first-order valence-corrected chi connectivity index (χ1v) is 11.1. The molecule has 2 amide bonds. The van der Waals surface area contributed by atoms with Crippen LogP contribution in [0.5, 0.6) is 11.5 Å². The average molecular weight is 419 g/mol. The van der Waals surface area contributed by atoms with Crippen molar-refractivity contribution in [3.8, 4) is 11.5 Å². The number of benzene rings is 1. The molecule has 0 aromatic heterocycles. The maximum absolute atomic E-state index is 12.5. The van der Waals surface area contributed by atoms with Gasteiger partial charge < -0.3 is 24.8 Å². The molecule has 166 valence electrons. The first-order chi connectivity index (χ1) is 14.5. The van der Waals surface area contributed by atoms with Crippen LogP contribution in [-0.2, 0) is 16.0 Å². The number of rotatable bonds is 6. The summed E-state index contributed by atoms with van der Waals surface area (Å²) in [5.74, 6) is 1.12. The van der Waals surface area contributed by atoms with Crippen LogP contribution >= 0.6 is 0 Å². The second-order valence-corrected chi connectivity index (χ2v) is 8.45. The molecule has 1 aromatic rings. The Kier molecular flexibility index (Phi) is 7.82. The lowest BCUT2D eigenvalue weighted by molar-refractivity contribution is -0.121. The van der Waals surface area contributed by atoms with Crippen molar-refractivity contribution in [2.75, 3.05) is 20.2 Å². The number of piperidine rings is 1. The van der Waals surface area contributed by atoms with Crippen LogP contribution in [0.25, 0.3) is 0 Å². The van der Waals surface area contributed by atoms with E-state index < -0.39 is 0 Å². The number of amides is 2. The summed E-state index contributed by atoms with van der Waals surface area (Å²) in [5, 5.41) is 12.7. The Morgan fingerprint density at radius 2 is 1.83 bits per heavy atom. The molecule has 3 rings (SSSR count). The van der Waals surface area contributed by atoms with Crippen molar-refractivity contribution in [3.63, 3.8) is 0 Å². The zero-order valence-electron chi connectivity index (χ0n) is 18.1. The van der Waals surface area contributed by atoms with Crippen molar-refractivity contribution in [2.45, 2.75) is 70.4 Å². The first kappa shape index (κ1) is 22.2. The Morgan fingerprint density at radius 1 is 1.13 bits per heavy atom. The standard InChI is InChI=1S/C23H34N2O5/c1-3-16-4-7-19(8-5-16)30-23(28)25-12-10-18(11-13-25)24-22(27)15-17-6-9-20(26)21(14-17)29-2/h6,9,14,16,18-19,26H,3-5,7-8,10-13,15H2,1-2H3,(H,24,27). The number of ether oxygens (including phenoxy) is 2. The van der Waals surface area contributed by atoms with Gasteiger partial charge in [-0.1, -0.05) is 19.4 Å². The predicted molar refractivity (Wildman–Crippen MR) is 114 cm³/mol. The average Bonchev–Trinajstić information content (AvgIpc) is 2.76. The monoisotopic (exact) mass is 418 g/mol. The van der Waals surface area contributed by atoms with Crippen molar-refractivity contribution in [2.24, 2.45) is 5.92 Å². The highest BCUT2D eigenvalue weighted by Crippen LogP contribution is 2.29. The van der Waals surface area contributed by atoms with E-state index in [2.05, 4.69) is 12.2 Å². The Labute approximate surface area is 178 Å². The van der Waals surface area contributed by atoms with Crippen molar-refractivity contribution in [1.82, 2.24) is 10.2 Å². The van der Waals surface area contributed by atoms with E-state index in [0.29, 0.717) is 18.8 Å². The largest absolute Gasteiger partial charge is 0.504 e. The van der Waals surface area contributed by atoms with E-state index in [0.717, 1.165) is 50.0 Å². The molecule has 7 nitrogen and oxygen atoms in total. The van der Waals surface area contributed by atoms with Crippen molar-refractivity contribution in [1.29, 1.82) is 0 Å². The molecule has 2 fully saturated rings. The van der Waals surface area contributed by atoms with Gasteiger partial charge in [0.1, 0.15) is 6.10 Å². The van der Waals surface area contributed by atoms with E-state index in [1.54, 1.807) is 17.0 Å². The molecule has 1 saturated heterocycles. The fourth-order valence-corrected chi connectivity index (χ4v) is 4.38. The van der Waals surface area contributed by atoms with E-state index >= 15 is 0 Å². The van der Waals surface area contributed by atoms with Crippen molar-refractivity contribution >= 4 is 12.0 Å². The number of hydrogen-bond donors (Lipinski definition) is 2. The van der Waals surface area contributed by atoms with Crippen LogP contribution in [0.4, 0.5) is 4.79 Å². The topological polar surface area (TPSA) is 88.1 Å². The zero-order valence-corrected chi connectivity index (χ0v) is 18.1. The second kappa shape index (κ2) is 10.5. The van der Waals surface area contributed by atoms with Gasteiger partial charge in [-0.3, -0.25) is 4.79 Å². The van der Waals surface area contributed by atoms with Gasteiger partial charge in [-0.25, -0.2) is 4.79 Å². The number of carbonyl (C=O) groups excluding carboxylic acids is 2. The maximum Gasteiger partial charge on any atom is 0.410 e. The summed E-state index contributed by atoms with van der Waals surface area (Å²) >= 11 is 0. The molecule has 0 atom stereocenters. The molecule has 1 saturated carbocycles. The third-order valence-corrected chi connectivity index (χ3v) is 6.37. The molecule has 0 unspecified atom stereocenters. The third kappa shape index (κ3) is 6.03. The number of phenols is 1. The SMILES string of the molecule is CCC1CCC(OC(=O)N2CCC(NC(=O)Cc3ccc(O)c(OC)c3)CC2)CC1. The second-order valence-electron chi connectivity index (χ2n) is 8.45. The Bertz CT molecular complexity index is 722. The van der Waals surface area contributed by atoms with Crippen LogP contribution in [0.15, 0.2) is 18.2 Å². The zero-order chi connectivity index (χ0) is 21.5. The fourth-order valence-electron chi connectivity index (χ4n) is 4.38. The molecular formula is C23H34N2O5. The number of carbonyl (C=O) groups is 2. The van der Waals surface area contributed by atoms with E-state index in [1.165, 1.54) is 19.6 Å². The highest BCUT2D eigenvalue weighted by molar-refractivity contribution is 5.79. The summed E-state index contributed by atoms with van der Waals surface area (Å²) in [5.41, 5.74) is 0.779. The summed E-state index contributed by atoms with van der Waals surface area (Å²) in [6, 6.07) is 4.96. The van der Waals surface area contributed by atoms with Crippen LogP contribution < -0.4 is 10.1 Å². The minimum absolute atomic E-state index is 0.0549. The van der Waals surface area contributed by atoms with Gasteiger partial charge in [0.25, 0.3) is 0 Å². The van der Waals surface area contributed by atoms with Crippen molar-refractivity contribution in [3.05, 3.63) is 23.8 Å². The molecule has 7 heteroatoms. The number of nitrogens with one attached hydrogen (secondary N) is 1. The van der Waals surface area contributed by atoms with E-state index in [1.807, 2.05) is 0 Å². The van der Waals surface area contributed by atoms with Crippen LogP contribution in [0.1, 0.15) is 57.4 Å². The van der Waals surface area contributed by atoms with Crippen LogP contribution in [-0.4, -0.2) is 54.4 Å². The van der Waals surface area contributed by atoms with Gasteiger partial charge in [-0.05, 0) is 62.1 Å². The molecular weight excluding hydrogens is 384 g/mol. The van der Waals surface area contributed by atoms with E-state index in [-0.39, 0.29) is 36.3 Å². The Hall–Kier alpha value is -2.44. The number of methoxy groups -OCH3 is 1. The van der Waals surface area contributed by atoms with Crippen molar-refractivity contribution < 1.29 is 24.2 Å². The summed E-state index contributed by atoms with van der Waals surface area (Å²) < 4.78 is 10.8. The quantitative estimate of drug-likeness (QED) is 0.737. The molecule has 1 aliphatic heterocycles. The predicted octanol–water partition coefficient (Wildman–Crippen LogP) is 3.63. The summed E-state index contributed by atoms with van der Waals surface area (Å²) in [6.45, 7) is 3.42. The molecule has 0 bridgehead atoms. The lowest BCUT2D eigenvalue weighted by Gasteiger charge is -2.34. The van der Waals surface area contributed by atoms with Gasteiger partial charge in [0.15, 0.2) is 11.5 Å². The highest BCUT2D eigenvalue weighted by atomic mass is 16.6. The van der Waals surface area contributed by atoms with Crippen LogP contribution in [0.2, 0.25) is 0 Å². The molecule has 1 aliphatic carbocycles. The molecule has 1 aromatic carbocycles.